The zero-order valence-corrected chi connectivity index (χ0v) is 34.1. The molecule has 0 unspecified atom stereocenters. The van der Waals surface area contributed by atoms with Gasteiger partial charge in [0, 0.05) is 11.2 Å². The summed E-state index contributed by atoms with van der Waals surface area (Å²) in [7, 11) is 0. The Morgan fingerprint density at radius 1 is 0.893 bits per heavy atom. The van der Waals surface area contributed by atoms with Crippen molar-refractivity contribution >= 4 is 34.8 Å². The van der Waals surface area contributed by atoms with Gasteiger partial charge in [0.25, 0.3) is 0 Å². The topological polar surface area (TPSA) is 110 Å². The second kappa shape index (κ2) is 15.2. The summed E-state index contributed by atoms with van der Waals surface area (Å²) in [5.74, 6) is 0.576. The monoisotopic (exact) mass is 775 g/mol. The quantitative estimate of drug-likeness (QED) is 0.0510. The van der Waals surface area contributed by atoms with E-state index in [2.05, 4.69) is 89.6 Å². The minimum absolute atomic E-state index is 0.137. The van der Waals surface area contributed by atoms with Gasteiger partial charge in [0.1, 0.15) is 17.3 Å². The van der Waals surface area contributed by atoms with Crippen molar-refractivity contribution in [3.05, 3.63) is 114 Å². The lowest BCUT2D eigenvalue weighted by Crippen LogP contribution is -2.39. The van der Waals surface area contributed by atoms with Crippen LogP contribution in [-0.2, 0) is 24.5 Å². The maximum Gasteiger partial charge on any atom is 0.413 e. The maximum atomic E-state index is 13.1. The van der Waals surface area contributed by atoms with E-state index in [0.29, 0.717) is 28.7 Å². The van der Waals surface area contributed by atoms with E-state index in [4.69, 9.17) is 33.9 Å². The molecule has 1 saturated heterocycles. The molecule has 1 N–H and O–H groups in total. The van der Waals surface area contributed by atoms with Crippen molar-refractivity contribution in [1.82, 2.24) is 19.5 Å². The molecule has 1 amide bonds. The number of benzene rings is 3. The Bertz CT molecular complexity index is 2040. The van der Waals surface area contributed by atoms with Gasteiger partial charge in [-0.3, -0.25) is 5.32 Å². The third kappa shape index (κ3) is 7.35. The first-order chi connectivity index (χ1) is 26.9. The number of hydrogen-bond donors (Lipinski definition) is 1. The lowest BCUT2D eigenvalue weighted by Gasteiger charge is -2.38. The number of thioether (sulfide) groups is 1. The zero-order chi connectivity index (χ0) is 39.1. The highest BCUT2D eigenvalue weighted by molar-refractivity contribution is 7.99. The first kappa shape index (κ1) is 38.6. The van der Waals surface area contributed by atoms with Gasteiger partial charge in [-0.2, -0.15) is 0 Å². The zero-order valence-electron chi connectivity index (χ0n) is 33.2. The number of anilines is 1. The van der Waals surface area contributed by atoms with Crippen LogP contribution in [0.1, 0.15) is 96.4 Å². The molecular formula is C45H53N5O5S. The van der Waals surface area contributed by atoms with E-state index >= 15 is 0 Å². The maximum absolute atomic E-state index is 13.1. The largest absolute Gasteiger partial charge is 0.444 e. The first-order valence-electron chi connectivity index (χ1n) is 20.0. The van der Waals surface area contributed by atoms with E-state index in [1.54, 1.807) is 11.8 Å². The van der Waals surface area contributed by atoms with E-state index in [0.717, 1.165) is 41.7 Å². The molecule has 3 heterocycles. The Balaban J connectivity index is 1.17. The summed E-state index contributed by atoms with van der Waals surface area (Å²) in [5, 5.41) is 3.48. The van der Waals surface area contributed by atoms with Crippen LogP contribution in [0.25, 0.3) is 11.2 Å². The van der Waals surface area contributed by atoms with Gasteiger partial charge in [-0.05, 0) is 70.1 Å². The second-order valence-corrected chi connectivity index (χ2v) is 17.9. The van der Waals surface area contributed by atoms with Crippen LogP contribution in [0.4, 0.5) is 10.6 Å². The number of ether oxygens (including phenoxy) is 4. The van der Waals surface area contributed by atoms with Gasteiger partial charge >= 0.3 is 6.09 Å². The fourth-order valence-corrected chi connectivity index (χ4v) is 9.66. The predicted octanol–water partition coefficient (Wildman–Crippen LogP) is 9.94. The number of rotatable bonds is 14. The van der Waals surface area contributed by atoms with Crippen LogP contribution in [0.15, 0.2) is 102 Å². The van der Waals surface area contributed by atoms with E-state index in [1.807, 2.05) is 59.1 Å². The highest BCUT2D eigenvalue weighted by Crippen LogP contribution is 2.72. The molecule has 11 heteroatoms. The van der Waals surface area contributed by atoms with Crippen LogP contribution in [0, 0.1) is 11.3 Å². The van der Waals surface area contributed by atoms with Crippen LogP contribution < -0.4 is 5.32 Å². The molecule has 1 aliphatic heterocycles. The Labute approximate surface area is 334 Å². The van der Waals surface area contributed by atoms with Crippen LogP contribution in [-0.4, -0.2) is 61.6 Å². The number of fused-ring (bicyclic) bond motifs is 4. The summed E-state index contributed by atoms with van der Waals surface area (Å²) in [4.78, 5) is 27.8. The molecule has 3 aliphatic rings. The molecule has 10 nitrogen and oxygen atoms in total. The second-order valence-electron chi connectivity index (χ2n) is 16.8. The molecule has 56 heavy (non-hydrogen) atoms. The Kier molecular flexibility index (Phi) is 10.5. The van der Waals surface area contributed by atoms with Crippen molar-refractivity contribution in [2.24, 2.45) is 11.3 Å². The third-order valence-corrected chi connectivity index (χ3v) is 12.2. The first-order valence-corrected chi connectivity index (χ1v) is 21.0. The van der Waals surface area contributed by atoms with E-state index < -0.39 is 23.1 Å². The van der Waals surface area contributed by atoms with Crippen LogP contribution in [0.2, 0.25) is 0 Å². The van der Waals surface area contributed by atoms with Crippen molar-refractivity contribution in [3.63, 3.8) is 0 Å². The number of amides is 1. The van der Waals surface area contributed by atoms with Gasteiger partial charge in [-0.25, -0.2) is 19.7 Å². The summed E-state index contributed by atoms with van der Waals surface area (Å²) in [6.45, 7) is 12.1. The van der Waals surface area contributed by atoms with Crippen LogP contribution in [0.5, 0.6) is 0 Å². The van der Waals surface area contributed by atoms with Crippen LogP contribution in [0.3, 0.4) is 0 Å². The number of carbonyl (C=O) groups excluding carboxylic acids is 1. The van der Waals surface area contributed by atoms with E-state index in [-0.39, 0.29) is 29.6 Å². The molecule has 0 radical (unpaired) electrons. The molecule has 3 aromatic carbocycles. The normalized spacial score (nSPS) is 23.8. The van der Waals surface area contributed by atoms with E-state index in [1.165, 1.54) is 12.8 Å². The predicted molar refractivity (Wildman–Crippen MR) is 219 cm³/mol. The number of unbranched alkanes of at least 4 members (excludes halogenated alkanes) is 3. The van der Waals surface area contributed by atoms with Gasteiger partial charge in [-0.1, -0.05) is 129 Å². The minimum atomic E-state index is -0.866. The number of imidazole rings is 1. The molecule has 5 atom stereocenters. The molecule has 5 aromatic rings. The van der Waals surface area contributed by atoms with Gasteiger partial charge < -0.3 is 23.5 Å². The molecule has 294 valence electrons. The van der Waals surface area contributed by atoms with Crippen molar-refractivity contribution in [1.29, 1.82) is 0 Å². The fourth-order valence-electron chi connectivity index (χ4n) is 8.82. The van der Waals surface area contributed by atoms with E-state index in [9.17, 15) is 4.79 Å². The molecule has 3 fully saturated rings. The molecule has 2 aromatic heterocycles. The van der Waals surface area contributed by atoms with Crippen molar-refractivity contribution in [2.75, 3.05) is 17.7 Å². The average Bonchev–Trinajstić information content (AvgIpc) is 3.43. The summed E-state index contributed by atoms with van der Waals surface area (Å²) in [6.07, 6.45) is 6.20. The summed E-state index contributed by atoms with van der Waals surface area (Å²) in [6, 6.07) is 31.4. The molecule has 0 spiro atoms. The van der Waals surface area contributed by atoms with Gasteiger partial charge in [-0.15, -0.1) is 0 Å². The Morgan fingerprint density at radius 2 is 1.52 bits per heavy atom. The SMILES string of the molecule is CCCCCCSc1nc(NC(=O)OC(C)(C)C)c2ncn([C@H]3[C@@H]4OC(C)(C)O[C@@H]4[C@]4(COC(c5ccccc5)(c5ccccc5)c5ccccc5)C[C@H]34)c2n1. The Morgan fingerprint density at radius 3 is 2.11 bits per heavy atom. The third-order valence-electron chi connectivity index (χ3n) is 11.3. The smallest absolute Gasteiger partial charge is 0.413 e. The lowest BCUT2D eigenvalue weighted by atomic mass is 9.80. The summed E-state index contributed by atoms with van der Waals surface area (Å²) >= 11 is 1.60. The standard InChI is InChI=1S/C45H53N5O5S/c1-7-8-9-19-26-56-40-47-38(48-41(51)55-42(2,3)4)34-39(49-40)50(29-46-34)35-33-27-44(33,37-36(35)53-43(5,6)54-37)28-52-45(30-20-13-10-14-21-30,31-22-15-11-16-23-31)32-24-17-12-18-25-32/h10-18,20-25,29,33,35-37H,7-9,19,26-28H2,1-6H3,(H,47,48,49,51)/t33-,35-,36+,37+,44+/m1/s1. The number of nitrogens with one attached hydrogen (secondary N) is 1. The lowest BCUT2D eigenvalue weighted by molar-refractivity contribution is -0.166. The average molecular weight is 776 g/mol. The number of hydrogen-bond acceptors (Lipinski definition) is 9. The molecular weight excluding hydrogens is 723 g/mol. The van der Waals surface area contributed by atoms with Gasteiger partial charge in [0.05, 0.1) is 25.1 Å². The number of nitrogens with zero attached hydrogens (tertiary/aromatic N) is 4. The highest BCUT2D eigenvalue weighted by atomic mass is 32.2. The molecule has 2 saturated carbocycles. The Hall–Kier alpha value is -4.29. The summed E-state index contributed by atoms with van der Waals surface area (Å²) in [5.41, 5.74) is 2.46. The number of aromatic nitrogens is 4. The number of carbonyl (C=O) groups is 1. The van der Waals surface area contributed by atoms with Crippen molar-refractivity contribution in [3.8, 4) is 0 Å². The molecule has 0 bridgehead atoms. The molecule has 2 aliphatic carbocycles. The fraction of sp³-hybridized carbons (Fsp3) is 0.467. The minimum Gasteiger partial charge on any atom is -0.444 e. The molecule has 8 rings (SSSR count). The van der Waals surface area contributed by atoms with Crippen LogP contribution >= 0.6 is 11.8 Å². The van der Waals surface area contributed by atoms with Crippen molar-refractivity contribution < 1.29 is 23.7 Å². The van der Waals surface area contributed by atoms with Gasteiger partial charge in [0.2, 0.25) is 0 Å². The summed E-state index contributed by atoms with van der Waals surface area (Å²) < 4.78 is 28.9. The highest BCUT2D eigenvalue weighted by Gasteiger charge is 2.76. The van der Waals surface area contributed by atoms with Gasteiger partial charge in [0.15, 0.2) is 27.9 Å². The van der Waals surface area contributed by atoms with Crippen molar-refractivity contribution in [2.45, 2.75) is 114 Å².